The average molecular weight is 391 g/mol. The lowest BCUT2D eigenvalue weighted by atomic mass is 9.95. The number of aliphatic carboxylic acids is 1. The van der Waals surface area contributed by atoms with Gasteiger partial charge < -0.3 is 10.1 Å². The van der Waals surface area contributed by atoms with Gasteiger partial charge in [0.05, 0.1) is 11.0 Å². The number of carbonyl (C=O) groups is 1. The van der Waals surface area contributed by atoms with Gasteiger partial charge in [0.25, 0.3) is 0 Å². The molecule has 4 rings (SSSR count). The summed E-state index contributed by atoms with van der Waals surface area (Å²) in [4.78, 5) is 18.8. The molecule has 0 aliphatic rings. The summed E-state index contributed by atoms with van der Waals surface area (Å²) < 4.78 is 0. The van der Waals surface area contributed by atoms with Crippen molar-refractivity contribution in [3.8, 4) is 0 Å². The third-order valence-corrected chi connectivity index (χ3v) is 5.89. The fraction of sp³-hybridized carbons (Fsp3) is 0.217. The molecule has 0 bridgehead atoms. The van der Waals surface area contributed by atoms with Crippen LogP contribution in [0.3, 0.4) is 0 Å². The van der Waals surface area contributed by atoms with Crippen LogP contribution in [0.1, 0.15) is 29.5 Å². The number of imidazole rings is 1. The van der Waals surface area contributed by atoms with Crippen LogP contribution in [0.5, 0.6) is 0 Å². The van der Waals surface area contributed by atoms with Crippen molar-refractivity contribution < 1.29 is 9.90 Å². The molecule has 0 saturated carbocycles. The fourth-order valence-corrected chi connectivity index (χ4v) is 4.46. The van der Waals surface area contributed by atoms with Gasteiger partial charge in [-0.05, 0) is 46.9 Å². The van der Waals surface area contributed by atoms with Crippen molar-refractivity contribution in [2.24, 2.45) is 0 Å². The number of aryl methyl sites for hydroxylation is 1. The molecule has 0 aliphatic heterocycles. The summed E-state index contributed by atoms with van der Waals surface area (Å²) in [6, 6.07) is 19.1. The largest absolute Gasteiger partial charge is 0.481 e. The number of para-hydroxylation sites is 1. The summed E-state index contributed by atoms with van der Waals surface area (Å²) in [6.45, 7) is 2.16. The number of benzene rings is 3. The van der Waals surface area contributed by atoms with Crippen molar-refractivity contribution in [1.29, 1.82) is 0 Å². The molecule has 0 saturated heterocycles. The minimum absolute atomic E-state index is 0.193. The highest BCUT2D eigenvalue weighted by molar-refractivity contribution is 7.99. The summed E-state index contributed by atoms with van der Waals surface area (Å²) in [5.41, 5.74) is 5.81. The van der Waals surface area contributed by atoms with Crippen molar-refractivity contribution in [3.63, 3.8) is 0 Å². The number of hydrogen-bond donors (Lipinski definition) is 2. The van der Waals surface area contributed by atoms with E-state index in [-0.39, 0.29) is 6.42 Å². The van der Waals surface area contributed by atoms with E-state index in [1.54, 1.807) is 11.8 Å². The number of carboxylic acid groups (broad SMARTS) is 1. The van der Waals surface area contributed by atoms with E-state index in [2.05, 4.69) is 60.4 Å². The maximum Gasteiger partial charge on any atom is 0.303 e. The van der Waals surface area contributed by atoms with E-state index in [0.29, 0.717) is 6.42 Å². The van der Waals surface area contributed by atoms with Gasteiger partial charge in [0, 0.05) is 18.6 Å². The lowest BCUT2D eigenvalue weighted by Gasteiger charge is -2.10. The molecule has 0 unspecified atom stereocenters. The summed E-state index contributed by atoms with van der Waals surface area (Å²) in [5, 5.41) is 12.2. The lowest BCUT2D eigenvalue weighted by molar-refractivity contribution is -0.137. The minimum atomic E-state index is -0.752. The molecule has 1 heterocycles. The highest BCUT2D eigenvalue weighted by atomic mass is 32.2. The van der Waals surface area contributed by atoms with Gasteiger partial charge in [0.1, 0.15) is 0 Å². The summed E-state index contributed by atoms with van der Waals surface area (Å²) in [5.74, 6) is -0.0119. The Bertz CT molecular complexity index is 1140. The number of nitrogens with one attached hydrogen (secondary N) is 1. The monoisotopic (exact) mass is 390 g/mol. The fourth-order valence-electron chi connectivity index (χ4n) is 3.64. The zero-order valence-corrected chi connectivity index (χ0v) is 16.6. The number of thioether (sulfide) groups is 1. The van der Waals surface area contributed by atoms with Crippen molar-refractivity contribution in [2.75, 3.05) is 5.75 Å². The number of nitrogens with zero attached hydrogens (tertiary/aromatic N) is 1. The molecule has 0 fully saturated rings. The quantitative estimate of drug-likeness (QED) is 0.320. The highest BCUT2D eigenvalue weighted by Gasteiger charge is 2.11. The zero-order chi connectivity index (χ0) is 19.5. The van der Waals surface area contributed by atoms with Crippen LogP contribution in [-0.4, -0.2) is 26.8 Å². The van der Waals surface area contributed by atoms with Crippen molar-refractivity contribution in [3.05, 3.63) is 71.3 Å². The Morgan fingerprint density at radius 1 is 1.07 bits per heavy atom. The molecule has 4 nitrogen and oxygen atoms in total. The zero-order valence-electron chi connectivity index (χ0n) is 15.7. The first-order chi connectivity index (χ1) is 13.6. The number of carboxylic acids is 1. The molecule has 3 aromatic carbocycles. The number of H-pyrrole nitrogens is 1. The van der Waals surface area contributed by atoms with Gasteiger partial charge in [-0.1, -0.05) is 60.3 Å². The number of aromatic amines is 1. The molecular formula is C23H22N2O2S. The Balaban J connectivity index is 1.62. The molecular weight excluding hydrogens is 368 g/mol. The number of rotatable bonds is 7. The predicted octanol–water partition coefficient (Wildman–Crippen LogP) is 5.57. The van der Waals surface area contributed by atoms with E-state index in [0.717, 1.165) is 28.4 Å². The normalized spacial score (nSPS) is 11.3. The topological polar surface area (TPSA) is 66.0 Å². The first-order valence-corrected chi connectivity index (χ1v) is 10.4. The standard InChI is InChI=1S/C23H22N2O2S/c1-15-6-2-7-16-8-3-9-17(21(15)16)14-18-10-4-11-19-22(18)25-23(24-19)28-13-5-12-20(26)27/h2-4,6-11H,5,12-14H2,1H3,(H,24,25)(H,26,27). The van der Waals surface area contributed by atoms with Crippen LogP contribution in [0.4, 0.5) is 0 Å². The molecule has 0 atom stereocenters. The Morgan fingerprint density at radius 3 is 2.64 bits per heavy atom. The van der Waals surface area contributed by atoms with Crippen LogP contribution < -0.4 is 0 Å². The molecule has 0 radical (unpaired) electrons. The van der Waals surface area contributed by atoms with Gasteiger partial charge in [-0.2, -0.15) is 0 Å². The van der Waals surface area contributed by atoms with Crippen molar-refractivity contribution >= 4 is 39.5 Å². The van der Waals surface area contributed by atoms with Crippen LogP contribution in [0.15, 0.2) is 59.8 Å². The number of fused-ring (bicyclic) bond motifs is 2. The maximum atomic E-state index is 10.7. The van der Waals surface area contributed by atoms with Gasteiger partial charge in [-0.15, -0.1) is 0 Å². The van der Waals surface area contributed by atoms with Gasteiger partial charge in [-0.25, -0.2) is 4.98 Å². The van der Waals surface area contributed by atoms with Crippen LogP contribution >= 0.6 is 11.8 Å². The smallest absolute Gasteiger partial charge is 0.303 e. The Morgan fingerprint density at radius 2 is 1.82 bits per heavy atom. The molecule has 28 heavy (non-hydrogen) atoms. The molecule has 0 aliphatic carbocycles. The first kappa shape index (κ1) is 18.6. The molecule has 1 aromatic heterocycles. The Kier molecular flexibility index (Phi) is 5.35. The van der Waals surface area contributed by atoms with Crippen LogP contribution in [0.2, 0.25) is 0 Å². The van der Waals surface area contributed by atoms with E-state index >= 15 is 0 Å². The van der Waals surface area contributed by atoms with Gasteiger partial charge in [0.15, 0.2) is 5.16 Å². The molecule has 0 spiro atoms. The lowest BCUT2D eigenvalue weighted by Crippen LogP contribution is -1.95. The highest BCUT2D eigenvalue weighted by Crippen LogP contribution is 2.28. The SMILES string of the molecule is Cc1cccc2cccc(Cc3cccc4[nH]c(SCCCC(=O)O)nc34)c12. The Hall–Kier alpha value is -2.79. The first-order valence-electron chi connectivity index (χ1n) is 9.41. The molecule has 0 amide bonds. The Labute approximate surface area is 168 Å². The summed E-state index contributed by atoms with van der Waals surface area (Å²) in [6.07, 6.45) is 1.66. The average Bonchev–Trinajstić information content (AvgIpc) is 3.09. The van der Waals surface area contributed by atoms with E-state index in [1.807, 2.05) is 6.07 Å². The van der Waals surface area contributed by atoms with Gasteiger partial charge in [0.2, 0.25) is 0 Å². The molecule has 5 heteroatoms. The van der Waals surface area contributed by atoms with Crippen LogP contribution in [0.25, 0.3) is 21.8 Å². The van der Waals surface area contributed by atoms with Crippen LogP contribution in [0, 0.1) is 6.92 Å². The van der Waals surface area contributed by atoms with Crippen molar-refractivity contribution in [2.45, 2.75) is 31.3 Å². The summed E-state index contributed by atoms with van der Waals surface area (Å²) in [7, 11) is 0. The van der Waals surface area contributed by atoms with E-state index in [4.69, 9.17) is 10.1 Å². The maximum absolute atomic E-state index is 10.7. The predicted molar refractivity (Wildman–Crippen MR) is 115 cm³/mol. The second kappa shape index (κ2) is 8.07. The van der Waals surface area contributed by atoms with E-state index in [9.17, 15) is 4.79 Å². The van der Waals surface area contributed by atoms with E-state index in [1.165, 1.54) is 27.5 Å². The minimum Gasteiger partial charge on any atom is -0.481 e. The third-order valence-electron chi connectivity index (χ3n) is 4.93. The molecule has 4 aromatic rings. The molecule has 142 valence electrons. The summed E-state index contributed by atoms with van der Waals surface area (Å²) >= 11 is 1.58. The molecule has 2 N–H and O–H groups in total. The van der Waals surface area contributed by atoms with Gasteiger partial charge >= 0.3 is 5.97 Å². The van der Waals surface area contributed by atoms with E-state index < -0.39 is 5.97 Å². The second-order valence-corrected chi connectivity index (χ2v) is 8.05. The van der Waals surface area contributed by atoms with Crippen molar-refractivity contribution in [1.82, 2.24) is 9.97 Å². The van der Waals surface area contributed by atoms with Gasteiger partial charge in [-0.3, -0.25) is 4.79 Å². The third kappa shape index (κ3) is 3.90. The van der Waals surface area contributed by atoms with Crippen LogP contribution in [-0.2, 0) is 11.2 Å². The second-order valence-electron chi connectivity index (χ2n) is 6.97. The number of aromatic nitrogens is 2. The number of hydrogen-bond acceptors (Lipinski definition) is 3.